The molecule has 27 heavy (non-hydrogen) atoms. The van der Waals surface area contributed by atoms with Gasteiger partial charge in [-0.3, -0.25) is 14.7 Å². The first kappa shape index (κ1) is 18.4. The van der Waals surface area contributed by atoms with Crippen LogP contribution in [0.4, 0.5) is 15.9 Å². The second kappa shape index (κ2) is 6.71. The predicted molar refractivity (Wildman–Crippen MR) is 97.7 cm³/mol. The van der Waals surface area contributed by atoms with Crippen LogP contribution in [0.15, 0.2) is 24.4 Å². The van der Waals surface area contributed by atoms with Crippen LogP contribution in [-0.4, -0.2) is 45.5 Å². The molecule has 9 nitrogen and oxygen atoms in total. The first-order valence-electron chi connectivity index (χ1n) is 8.05. The van der Waals surface area contributed by atoms with Crippen molar-refractivity contribution in [1.82, 2.24) is 19.3 Å². The van der Waals surface area contributed by atoms with Gasteiger partial charge >= 0.3 is 5.69 Å². The number of halogens is 1. The van der Waals surface area contributed by atoms with Crippen LogP contribution >= 0.6 is 0 Å². The van der Waals surface area contributed by atoms with E-state index in [1.807, 2.05) is 32.0 Å². The average molecular weight is 374 g/mol. The van der Waals surface area contributed by atoms with Crippen molar-refractivity contribution in [3.8, 4) is 17.4 Å². The third-order valence-corrected chi connectivity index (χ3v) is 3.95. The van der Waals surface area contributed by atoms with Crippen molar-refractivity contribution in [2.75, 3.05) is 26.1 Å². The summed E-state index contributed by atoms with van der Waals surface area (Å²) in [5.74, 6) is 0.205. The highest BCUT2D eigenvalue weighted by atomic mass is 19.1. The molecule has 10 heteroatoms. The molecule has 142 valence electrons. The van der Waals surface area contributed by atoms with Gasteiger partial charge in [0.15, 0.2) is 0 Å². The number of aromatic nitrogens is 4. The van der Waals surface area contributed by atoms with E-state index >= 15 is 0 Å². The molecule has 3 rings (SSSR count). The lowest BCUT2D eigenvalue weighted by Crippen LogP contribution is -2.17. The third kappa shape index (κ3) is 3.21. The van der Waals surface area contributed by atoms with Crippen molar-refractivity contribution in [3.05, 3.63) is 51.7 Å². The highest BCUT2D eigenvalue weighted by Gasteiger charge is 2.27. The summed E-state index contributed by atoms with van der Waals surface area (Å²) in [5.41, 5.74) is 0.996. The van der Waals surface area contributed by atoms with E-state index in [4.69, 9.17) is 4.74 Å². The summed E-state index contributed by atoms with van der Waals surface area (Å²) < 4.78 is 22.2. The van der Waals surface area contributed by atoms with Crippen LogP contribution in [0.2, 0.25) is 0 Å². The minimum absolute atomic E-state index is 0.00492. The maximum atomic E-state index is 14.1. The number of hydrogen-bond donors (Lipinski definition) is 0. The van der Waals surface area contributed by atoms with Gasteiger partial charge in [-0.15, -0.1) is 0 Å². The third-order valence-electron chi connectivity index (χ3n) is 3.95. The van der Waals surface area contributed by atoms with Gasteiger partial charge in [0, 0.05) is 38.5 Å². The van der Waals surface area contributed by atoms with E-state index in [1.165, 1.54) is 11.7 Å². The Morgan fingerprint density at radius 2 is 1.93 bits per heavy atom. The molecular weight excluding hydrogens is 355 g/mol. The fraction of sp³-hybridized carbons (Fsp3) is 0.294. The maximum absolute atomic E-state index is 14.1. The molecular formula is C17H19FN6O3. The van der Waals surface area contributed by atoms with Gasteiger partial charge in [-0.25, -0.2) is 9.37 Å². The Labute approximate surface area is 154 Å². The molecule has 0 amide bonds. The summed E-state index contributed by atoms with van der Waals surface area (Å²) >= 11 is 0. The second-order valence-electron chi connectivity index (χ2n) is 6.24. The van der Waals surface area contributed by atoms with Gasteiger partial charge in [0.2, 0.25) is 11.7 Å². The predicted octanol–water partition coefficient (Wildman–Crippen LogP) is 2.80. The molecule has 2 heterocycles. The number of nitro groups is 1. The highest BCUT2D eigenvalue weighted by molar-refractivity contribution is 5.63. The van der Waals surface area contributed by atoms with Crippen LogP contribution in [0.3, 0.4) is 0 Å². The number of benzene rings is 1. The van der Waals surface area contributed by atoms with Gasteiger partial charge in [0.25, 0.3) is 0 Å². The van der Waals surface area contributed by atoms with Crippen molar-refractivity contribution >= 4 is 11.5 Å². The number of rotatable bonds is 5. The minimum atomic E-state index is -0.658. The monoisotopic (exact) mass is 374 g/mol. The topological polar surface area (TPSA) is 91.2 Å². The zero-order chi connectivity index (χ0) is 19.9. The first-order valence-corrected chi connectivity index (χ1v) is 8.05. The van der Waals surface area contributed by atoms with Crippen LogP contribution in [0, 0.1) is 29.8 Å². The molecule has 0 saturated heterocycles. The van der Waals surface area contributed by atoms with Crippen molar-refractivity contribution < 1.29 is 14.1 Å². The molecule has 2 aromatic heterocycles. The van der Waals surface area contributed by atoms with Crippen LogP contribution in [0.5, 0.6) is 5.75 Å². The Balaban J connectivity index is 2.34. The molecule has 0 spiro atoms. The van der Waals surface area contributed by atoms with Gasteiger partial charge in [-0.05, 0) is 13.8 Å². The second-order valence-corrected chi connectivity index (χ2v) is 6.24. The molecule has 0 atom stereocenters. The number of aryl methyl sites for hydroxylation is 2. The lowest BCUT2D eigenvalue weighted by atomic mass is 10.2. The van der Waals surface area contributed by atoms with Crippen LogP contribution in [0.25, 0.3) is 11.6 Å². The zero-order valence-electron chi connectivity index (χ0n) is 15.6. The number of nitrogens with zero attached hydrogens (tertiary/aromatic N) is 6. The Morgan fingerprint density at radius 3 is 2.52 bits per heavy atom. The molecule has 0 bridgehead atoms. The largest absolute Gasteiger partial charge is 0.490 e. The first-order chi connectivity index (χ1) is 12.7. The molecule has 0 aliphatic heterocycles. The Bertz CT molecular complexity index is 1020. The normalized spacial score (nSPS) is 10.9. The lowest BCUT2D eigenvalue weighted by Gasteiger charge is -2.15. The molecule has 0 unspecified atom stereocenters. The number of anilines is 1. The van der Waals surface area contributed by atoms with Crippen molar-refractivity contribution in [1.29, 1.82) is 0 Å². The minimum Gasteiger partial charge on any atom is -0.490 e. The molecule has 0 aliphatic rings. The number of nitro benzene ring substituents is 1. The standard InChI is InChI=1S/C17H19FN6O3/c1-10-6-15(21(3)4)23(20-10)17-19-11(2)9-22(17)13-7-12(18)8-14(27-5)16(13)24(25)26/h6-9H,1-5H3. The molecule has 0 aliphatic carbocycles. The number of imidazole rings is 1. The van der Waals surface area contributed by atoms with E-state index in [2.05, 4.69) is 10.1 Å². The quantitative estimate of drug-likeness (QED) is 0.504. The van der Waals surface area contributed by atoms with Crippen molar-refractivity contribution in [2.24, 2.45) is 0 Å². The van der Waals surface area contributed by atoms with Crippen LogP contribution < -0.4 is 9.64 Å². The SMILES string of the molecule is COc1cc(F)cc(-n2cc(C)nc2-n2nc(C)cc2N(C)C)c1[N+](=O)[O-]. The van der Waals surface area contributed by atoms with Gasteiger partial charge in [-0.2, -0.15) is 9.78 Å². The molecule has 0 fully saturated rings. The Morgan fingerprint density at radius 1 is 1.22 bits per heavy atom. The lowest BCUT2D eigenvalue weighted by molar-refractivity contribution is -0.385. The summed E-state index contributed by atoms with van der Waals surface area (Å²) in [5, 5.41) is 16.1. The summed E-state index contributed by atoms with van der Waals surface area (Å²) in [4.78, 5) is 17.3. The van der Waals surface area contributed by atoms with Crippen LogP contribution in [-0.2, 0) is 0 Å². The fourth-order valence-electron chi connectivity index (χ4n) is 2.85. The summed E-state index contributed by atoms with van der Waals surface area (Å²) in [6, 6.07) is 3.92. The molecule has 0 saturated carbocycles. The van der Waals surface area contributed by atoms with E-state index < -0.39 is 10.7 Å². The Hall–Kier alpha value is -3.43. The van der Waals surface area contributed by atoms with E-state index in [0.29, 0.717) is 11.6 Å². The van der Waals surface area contributed by atoms with Crippen molar-refractivity contribution in [3.63, 3.8) is 0 Å². The van der Waals surface area contributed by atoms with Crippen LogP contribution in [0.1, 0.15) is 11.4 Å². The molecule has 0 radical (unpaired) electrons. The van der Waals surface area contributed by atoms with E-state index in [9.17, 15) is 14.5 Å². The number of hydrogen-bond acceptors (Lipinski definition) is 6. The zero-order valence-corrected chi connectivity index (χ0v) is 15.6. The maximum Gasteiger partial charge on any atom is 0.334 e. The average Bonchev–Trinajstić information content (AvgIpc) is 3.16. The summed E-state index contributed by atoms with van der Waals surface area (Å²) in [7, 11) is 4.95. The van der Waals surface area contributed by atoms with Crippen molar-refractivity contribution in [2.45, 2.75) is 13.8 Å². The summed E-state index contributed by atoms with van der Waals surface area (Å²) in [6.45, 7) is 3.57. The number of methoxy groups -OCH3 is 1. The number of ether oxygens (including phenoxy) is 1. The van der Waals surface area contributed by atoms with E-state index in [0.717, 1.165) is 23.6 Å². The molecule has 1 aromatic carbocycles. The highest BCUT2D eigenvalue weighted by Crippen LogP contribution is 2.36. The fourth-order valence-corrected chi connectivity index (χ4v) is 2.85. The van der Waals surface area contributed by atoms with Gasteiger partial charge in [0.05, 0.1) is 23.4 Å². The van der Waals surface area contributed by atoms with E-state index in [-0.39, 0.29) is 17.1 Å². The smallest absolute Gasteiger partial charge is 0.334 e. The van der Waals surface area contributed by atoms with Gasteiger partial charge in [-0.1, -0.05) is 0 Å². The molecule has 3 aromatic rings. The molecule has 0 N–H and O–H groups in total. The summed E-state index contributed by atoms with van der Waals surface area (Å²) in [6.07, 6.45) is 1.59. The van der Waals surface area contributed by atoms with Gasteiger partial charge < -0.3 is 9.64 Å². The van der Waals surface area contributed by atoms with Gasteiger partial charge in [0.1, 0.15) is 17.3 Å². The van der Waals surface area contributed by atoms with E-state index in [1.54, 1.807) is 17.8 Å². The Kier molecular flexibility index (Phi) is 4.56.